The number of aromatic carboxylic acids is 1. The zero-order valence-electron chi connectivity index (χ0n) is 12.0. The summed E-state index contributed by atoms with van der Waals surface area (Å²) in [4.78, 5) is 24.2. The maximum Gasteiger partial charge on any atom is 0.339 e. The first kappa shape index (κ1) is 15.9. The number of nitrogens with zero attached hydrogens (tertiary/aromatic N) is 2. The Labute approximate surface area is 128 Å². The van der Waals surface area contributed by atoms with Crippen molar-refractivity contribution in [1.29, 1.82) is 0 Å². The first-order valence-electron chi connectivity index (χ1n) is 6.44. The van der Waals surface area contributed by atoms with E-state index in [1.165, 1.54) is 19.2 Å². The van der Waals surface area contributed by atoms with Gasteiger partial charge < -0.3 is 5.11 Å². The van der Waals surface area contributed by atoms with Crippen LogP contribution in [0.5, 0.6) is 0 Å². The Hall–Kier alpha value is -2.53. The Balaban J connectivity index is 2.60. The van der Waals surface area contributed by atoms with Crippen molar-refractivity contribution < 1.29 is 23.1 Å². The number of anilines is 1. The maximum absolute atomic E-state index is 12.5. The molecule has 116 valence electrons. The SMILES string of the molecule is CCC#CCN1C(=O)N(C)c2ccc(C(=O)O)cc2S1(=O)=O. The number of sulfonamides is 1. The third-order valence-corrected chi connectivity index (χ3v) is 4.91. The molecule has 0 aliphatic carbocycles. The summed E-state index contributed by atoms with van der Waals surface area (Å²) in [6, 6.07) is 2.90. The van der Waals surface area contributed by atoms with E-state index in [0.29, 0.717) is 10.7 Å². The third kappa shape index (κ3) is 2.51. The van der Waals surface area contributed by atoms with E-state index in [-0.39, 0.29) is 22.7 Å². The Bertz CT molecular complexity index is 804. The van der Waals surface area contributed by atoms with Crippen LogP contribution in [-0.2, 0) is 10.0 Å². The van der Waals surface area contributed by atoms with Crippen molar-refractivity contribution in [3.8, 4) is 11.8 Å². The van der Waals surface area contributed by atoms with Crippen LogP contribution in [0.4, 0.5) is 10.5 Å². The minimum atomic E-state index is -4.13. The molecule has 0 bridgehead atoms. The molecule has 0 atom stereocenters. The molecular weight excluding hydrogens is 308 g/mol. The van der Waals surface area contributed by atoms with Crippen LogP contribution >= 0.6 is 0 Å². The number of rotatable bonds is 2. The highest BCUT2D eigenvalue weighted by molar-refractivity contribution is 7.90. The zero-order valence-corrected chi connectivity index (χ0v) is 12.8. The number of carbonyl (C=O) groups excluding carboxylic acids is 1. The predicted octanol–water partition coefficient (Wildman–Crippen LogP) is 1.36. The van der Waals surface area contributed by atoms with E-state index in [9.17, 15) is 18.0 Å². The number of carboxylic acid groups (broad SMARTS) is 1. The molecule has 2 rings (SSSR count). The molecule has 0 spiro atoms. The highest BCUT2D eigenvalue weighted by Crippen LogP contribution is 2.33. The van der Waals surface area contributed by atoms with E-state index in [1.807, 2.05) is 0 Å². The quantitative estimate of drug-likeness (QED) is 0.830. The standard InChI is InChI=1S/C14H14N2O5S/c1-3-4-5-8-16-14(19)15(2)11-7-6-10(13(17)18)9-12(11)22(16,20)21/h6-7,9H,3,8H2,1-2H3,(H,17,18). The normalized spacial score (nSPS) is 15.8. The van der Waals surface area contributed by atoms with Crippen LogP contribution in [0.3, 0.4) is 0 Å². The van der Waals surface area contributed by atoms with Crippen molar-refractivity contribution in [3.63, 3.8) is 0 Å². The van der Waals surface area contributed by atoms with E-state index in [1.54, 1.807) is 6.92 Å². The molecule has 1 aliphatic rings. The number of hydrogen-bond donors (Lipinski definition) is 1. The molecule has 0 fully saturated rings. The lowest BCUT2D eigenvalue weighted by atomic mass is 10.2. The zero-order chi connectivity index (χ0) is 16.5. The molecule has 1 aliphatic heterocycles. The summed E-state index contributed by atoms with van der Waals surface area (Å²) in [5.41, 5.74) is -0.0145. The van der Waals surface area contributed by atoms with Crippen molar-refractivity contribution >= 4 is 27.7 Å². The monoisotopic (exact) mass is 322 g/mol. The van der Waals surface area contributed by atoms with Crippen molar-refractivity contribution in [2.75, 3.05) is 18.5 Å². The maximum atomic E-state index is 12.5. The Morgan fingerprint density at radius 3 is 2.59 bits per heavy atom. The second-order valence-electron chi connectivity index (χ2n) is 4.55. The lowest BCUT2D eigenvalue weighted by Gasteiger charge is -2.33. The van der Waals surface area contributed by atoms with Crippen LogP contribution in [0.25, 0.3) is 0 Å². The fourth-order valence-corrected chi connectivity index (χ4v) is 3.57. The van der Waals surface area contributed by atoms with Gasteiger partial charge in [0.15, 0.2) is 0 Å². The minimum absolute atomic E-state index is 0.148. The van der Waals surface area contributed by atoms with Gasteiger partial charge >= 0.3 is 12.0 Å². The number of amides is 2. The van der Waals surface area contributed by atoms with Crippen LogP contribution in [0.1, 0.15) is 23.7 Å². The van der Waals surface area contributed by atoms with Gasteiger partial charge in [0.25, 0.3) is 10.0 Å². The van der Waals surface area contributed by atoms with E-state index < -0.39 is 22.0 Å². The second kappa shape index (κ2) is 5.69. The Morgan fingerprint density at radius 1 is 1.32 bits per heavy atom. The summed E-state index contributed by atoms with van der Waals surface area (Å²) < 4.78 is 25.7. The highest BCUT2D eigenvalue weighted by Gasteiger charge is 2.39. The number of fused-ring (bicyclic) bond motifs is 1. The molecule has 0 aromatic heterocycles. The van der Waals surface area contributed by atoms with Crippen LogP contribution in [-0.4, -0.2) is 43.4 Å². The summed E-state index contributed by atoms with van der Waals surface area (Å²) in [7, 11) is -2.70. The molecule has 7 nitrogen and oxygen atoms in total. The van der Waals surface area contributed by atoms with Crippen LogP contribution in [0.15, 0.2) is 23.1 Å². The lowest BCUT2D eigenvalue weighted by molar-refractivity contribution is 0.0696. The van der Waals surface area contributed by atoms with Gasteiger partial charge in [-0.05, 0) is 18.2 Å². The Kier molecular flexibility index (Phi) is 4.10. The van der Waals surface area contributed by atoms with Gasteiger partial charge in [0.05, 0.1) is 17.8 Å². The first-order chi connectivity index (χ1) is 10.3. The molecule has 1 heterocycles. The number of benzene rings is 1. The summed E-state index contributed by atoms with van der Waals surface area (Å²) in [5.74, 6) is 4.07. The van der Waals surface area contributed by atoms with Crippen molar-refractivity contribution in [1.82, 2.24) is 4.31 Å². The number of carbonyl (C=O) groups is 2. The van der Waals surface area contributed by atoms with Gasteiger partial charge in [-0.1, -0.05) is 12.8 Å². The molecule has 0 saturated heterocycles. The average molecular weight is 322 g/mol. The molecule has 22 heavy (non-hydrogen) atoms. The topological polar surface area (TPSA) is 95.0 Å². The third-order valence-electron chi connectivity index (χ3n) is 3.16. The van der Waals surface area contributed by atoms with Gasteiger partial charge in [0.1, 0.15) is 4.90 Å². The molecular formula is C14H14N2O5S. The van der Waals surface area contributed by atoms with Gasteiger partial charge in [-0.3, -0.25) is 4.90 Å². The van der Waals surface area contributed by atoms with Gasteiger partial charge in [-0.2, -0.15) is 0 Å². The van der Waals surface area contributed by atoms with Gasteiger partial charge in [0, 0.05) is 13.5 Å². The van der Waals surface area contributed by atoms with E-state index in [2.05, 4.69) is 11.8 Å². The minimum Gasteiger partial charge on any atom is -0.478 e. The lowest BCUT2D eigenvalue weighted by Crippen LogP contribution is -2.49. The summed E-state index contributed by atoms with van der Waals surface area (Å²) in [6.45, 7) is 1.54. The summed E-state index contributed by atoms with van der Waals surface area (Å²) in [5, 5.41) is 9.00. The molecule has 0 saturated carbocycles. The highest BCUT2D eigenvalue weighted by atomic mass is 32.2. The summed E-state index contributed by atoms with van der Waals surface area (Å²) in [6.07, 6.45) is 0.539. The second-order valence-corrected chi connectivity index (χ2v) is 6.38. The number of urea groups is 1. The smallest absolute Gasteiger partial charge is 0.339 e. The van der Waals surface area contributed by atoms with Crippen molar-refractivity contribution in [2.24, 2.45) is 0 Å². The molecule has 8 heteroatoms. The fourth-order valence-electron chi connectivity index (χ4n) is 2.03. The molecule has 0 radical (unpaired) electrons. The van der Waals surface area contributed by atoms with Gasteiger partial charge in [-0.15, -0.1) is 5.92 Å². The van der Waals surface area contributed by atoms with Crippen LogP contribution in [0, 0.1) is 11.8 Å². The molecule has 0 unspecified atom stereocenters. The molecule has 1 aromatic carbocycles. The average Bonchev–Trinajstić information content (AvgIpc) is 2.48. The van der Waals surface area contributed by atoms with Crippen LogP contribution in [0.2, 0.25) is 0 Å². The fraction of sp³-hybridized carbons (Fsp3) is 0.286. The van der Waals surface area contributed by atoms with E-state index >= 15 is 0 Å². The van der Waals surface area contributed by atoms with E-state index in [0.717, 1.165) is 11.0 Å². The largest absolute Gasteiger partial charge is 0.478 e. The van der Waals surface area contributed by atoms with Gasteiger partial charge in [-0.25, -0.2) is 22.3 Å². The molecule has 1 N–H and O–H groups in total. The first-order valence-corrected chi connectivity index (χ1v) is 7.88. The molecule has 2 amide bonds. The van der Waals surface area contributed by atoms with Crippen LogP contribution < -0.4 is 4.90 Å². The predicted molar refractivity (Wildman–Crippen MR) is 79.2 cm³/mol. The molecule has 1 aromatic rings. The summed E-state index contributed by atoms with van der Waals surface area (Å²) >= 11 is 0. The van der Waals surface area contributed by atoms with Gasteiger partial charge in [0.2, 0.25) is 0 Å². The number of hydrogen-bond acceptors (Lipinski definition) is 4. The Morgan fingerprint density at radius 2 is 2.00 bits per heavy atom. The van der Waals surface area contributed by atoms with Crippen molar-refractivity contribution in [3.05, 3.63) is 23.8 Å². The van der Waals surface area contributed by atoms with E-state index in [4.69, 9.17) is 5.11 Å². The van der Waals surface area contributed by atoms with Crippen molar-refractivity contribution in [2.45, 2.75) is 18.2 Å². The number of carboxylic acids is 1.